The molecule has 2 aliphatic rings. The number of amides is 3. The topological polar surface area (TPSA) is 52.6 Å². The van der Waals surface area contributed by atoms with Crippen LogP contribution in [0.25, 0.3) is 0 Å². The van der Waals surface area contributed by atoms with Crippen LogP contribution in [0.1, 0.15) is 49.7 Å². The minimum atomic E-state index is -0.642. The Morgan fingerprint density at radius 2 is 1.79 bits per heavy atom. The number of imide groups is 1. The van der Waals surface area contributed by atoms with Crippen molar-refractivity contribution in [3.8, 4) is 0 Å². The molecule has 2 fully saturated rings. The van der Waals surface area contributed by atoms with E-state index < -0.39 is 5.54 Å². The fourth-order valence-corrected chi connectivity index (χ4v) is 3.85. The van der Waals surface area contributed by atoms with Crippen molar-refractivity contribution in [3.63, 3.8) is 0 Å². The van der Waals surface area contributed by atoms with E-state index in [0.717, 1.165) is 45.1 Å². The fourth-order valence-electron chi connectivity index (χ4n) is 3.85. The molecule has 1 heterocycles. The van der Waals surface area contributed by atoms with E-state index in [1.54, 1.807) is 0 Å². The SMILES string of the molecule is Cc1ccccc1CN(C)CN1C(=O)NC2(CCCCCC2)C1=O. The van der Waals surface area contributed by atoms with Crippen LogP contribution < -0.4 is 5.32 Å². The van der Waals surface area contributed by atoms with Crippen molar-refractivity contribution in [2.75, 3.05) is 13.7 Å². The molecule has 3 rings (SSSR count). The van der Waals surface area contributed by atoms with E-state index in [-0.39, 0.29) is 11.9 Å². The van der Waals surface area contributed by atoms with Gasteiger partial charge >= 0.3 is 6.03 Å². The third kappa shape index (κ3) is 3.31. The van der Waals surface area contributed by atoms with Crippen molar-refractivity contribution in [2.24, 2.45) is 0 Å². The minimum Gasteiger partial charge on any atom is -0.323 e. The Kier molecular flexibility index (Phi) is 4.90. The molecule has 24 heavy (non-hydrogen) atoms. The molecule has 0 atom stereocenters. The molecule has 0 radical (unpaired) electrons. The lowest BCUT2D eigenvalue weighted by Crippen LogP contribution is -2.47. The van der Waals surface area contributed by atoms with Gasteiger partial charge in [-0.1, -0.05) is 49.9 Å². The Balaban J connectivity index is 1.67. The van der Waals surface area contributed by atoms with Crippen LogP contribution >= 0.6 is 0 Å². The number of carbonyl (C=O) groups excluding carboxylic acids is 2. The summed E-state index contributed by atoms with van der Waals surface area (Å²) in [6.07, 6.45) is 5.87. The van der Waals surface area contributed by atoms with E-state index in [1.807, 2.05) is 24.1 Å². The molecule has 0 bridgehead atoms. The number of rotatable bonds is 4. The number of carbonyl (C=O) groups is 2. The summed E-state index contributed by atoms with van der Waals surface area (Å²) in [6.45, 7) is 3.13. The monoisotopic (exact) mass is 329 g/mol. The van der Waals surface area contributed by atoms with Gasteiger partial charge in [-0.2, -0.15) is 0 Å². The lowest BCUT2D eigenvalue weighted by atomic mass is 9.90. The van der Waals surface area contributed by atoms with Gasteiger partial charge in [-0.05, 0) is 37.9 Å². The average molecular weight is 329 g/mol. The van der Waals surface area contributed by atoms with E-state index >= 15 is 0 Å². The summed E-state index contributed by atoms with van der Waals surface area (Å²) in [7, 11) is 1.95. The molecule has 130 valence electrons. The predicted molar refractivity (Wildman–Crippen MR) is 93.3 cm³/mol. The second-order valence-corrected chi connectivity index (χ2v) is 7.24. The summed E-state index contributed by atoms with van der Waals surface area (Å²) in [5.74, 6) is -0.0361. The third-order valence-corrected chi connectivity index (χ3v) is 5.29. The van der Waals surface area contributed by atoms with Gasteiger partial charge in [0, 0.05) is 6.54 Å². The summed E-state index contributed by atoms with van der Waals surface area (Å²) in [4.78, 5) is 28.7. The zero-order chi connectivity index (χ0) is 17.2. The standard InChI is InChI=1S/C19H27N3O2/c1-15-9-5-6-10-16(15)13-21(2)14-22-17(23)19(20-18(22)24)11-7-3-4-8-12-19/h5-6,9-10H,3-4,7-8,11-14H2,1-2H3,(H,20,24). The number of aryl methyl sites for hydroxylation is 1. The number of nitrogens with one attached hydrogen (secondary N) is 1. The molecule has 1 N–H and O–H groups in total. The molecule has 1 aromatic rings. The summed E-state index contributed by atoms with van der Waals surface area (Å²) in [5.41, 5.74) is 1.80. The van der Waals surface area contributed by atoms with Crippen molar-refractivity contribution >= 4 is 11.9 Å². The second kappa shape index (κ2) is 6.93. The van der Waals surface area contributed by atoms with Crippen LogP contribution in [0.5, 0.6) is 0 Å². The molecule has 1 aromatic carbocycles. The molecule has 1 aliphatic heterocycles. The summed E-state index contributed by atoms with van der Waals surface area (Å²) in [6, 6.07) is 7.97. The van der Waals surface area contributed by atoms with E-state index in [9.17, 15) is 9.59 Å². The number of urea groups is 1. The Morgan fingerprint density at radius 1 is 1.12 bits per heavy atom. The third-order valence-electron chi connectivity index (χ3n) is 5.29. The molecule has 1 saturated carbocycles. The Bertz CT molecular complexity index is 621. The summed E-state index contributed by atoms with van der Waals surface area (Å²) in [5, 5.41) is 3.00. The maximum absolute atomic E-state index is 12.9. The van der Waals surface area contributed by atoms with E-state index in [2.05, 4.69) is 24.4 Å². The van der Waals surface area contributed by atoms with Crippen LogP contribution in [0.15, 0.2) is 24.3 Å². The Morgan fingerprint density at radius 3 is 2.46 bits per heavy atom. The molecular weight excluding hydrogens is 302 g/mol. The molecule has 5 heteroatoms. The van der Waals surface area contributed by atoms with Gasteiger partial charge in [0.2, 0.25) is 0 Å². The number of hydrogen-bond donors (Lipinski definition) is 1. The van der Waals surface area contributed by atoms with Gasteiger partial charge < -0.3 is 5.32 Å². The first-order valence-electron chi connectivity index (χ1n) is 8.89. The molecule has 1 saturated heterocycles. The smallest absolute Gasteiger partial charge is 0.323 e. The molecule has 0 aromatic heterocycles. The van der Waals surface area contributed by atoms with Crippen molar-refractivity contribution in [2.45, 2.75) is 57.5 Å². The minimum absolute atomic E-state index is 0.0361. The Labute approximate surface area is 144 Å². The van der Waals surface area contributed by atoms with Crippen LogP contribution in [0, 0.1) is 6.92 Å². The molecule has 1 aliphatic carbocycles. The molecule has 1 spiro atoms. The van der Waals surface area contributed by atoms with E-state index in [1.165, 1.54) is 16.0 Å². The number of nitrogens with zero attached hydrogens (tertiary/aromatic N) is 2. The zero-order valence-electron chi connectivity index (χ0n) is 14.7. The van der Waals surface area contributed by atoms with Crippen LogP contribution in [0.3, 0.4) is 0 Å². The van der Waals surface area contributed by atoms with Crippen molar-refractivity contribution < 1.29 is 9.59 Å². The predicted octanol–water partition coefficient (Wildman–Crippen LogP) is 3.03. The van der Waals surface area contributed by atoms with E-state index in [4.69, 9.17) is 0 Å². The first-order chi connectivity index (χ1) is 11.5. The van der Waals surface area contributed by atoms with Crippen molar-refractivity contribution in [1.82, 2.24) is 15.1 Å². The van der Waals surface area contributed by atoms with Crippen molar-refractivity contribution in [1.29, 1.82) is 0 Å². The highest BCUT2D eigenvalue weighted by molar-refractivity contribution is 6.07. The van der Waals surface area contributed by atoms with Gasteiger partial charge in [0.1, 0.15) is 5.54 Å². The van der Waals surface area contributed by atoms with Gasteiger partial charge in [0.25, 0.3) is 5.91 Å². The van der Waals surface area contributed by atoms with Gasteiger partial charge in [-0.25, -0.2) is 9.69 Å². The highest BCUT2D eigenvalue weighted by atomic mass is 16.2. The lowest BCUT2D eigenvalue weighted by molar-refractivity contribution is -0.133. The fraction of sp³-hybridized carbons (Fsp3) is 0.579. The van der Waals surface area contributed by atoms with Gasteiger partial charge in [-0.3, -0.25) is 9.69 Å². The second-order valence-electron chi connectivity index (χ2n) is 7.24. The normalized spacial score (nSPS) is 20.5. The largest absolute Gasteiger partial charge is 0.326 e. The van der Waals surface area contributed by atoms with Crippen LogP contribution in [-0.2, 0) is 11.3 Å². The molecule has 5 nitrogen and oxygen atoms in total. The zero-order valence-corrected chi connectivity index (χ0v) is 14.7. The van der Waals surface area contributed by atoms with E-state index in [0.29, 0.717) is 6.67 Å². The summed E-state index contributed by atoms with van der Waals surface area (Å²) >= 11 is 0. The number of benzene rings is 1. The first-order valence-corrected chi connectivity index (χ1v) is 8.89. The first kappa shape index (κ1) is 17.0. The van der Waals surface area contributed by atoms with Gasteiger partial charge in [-0.15, -0.1) is 0 Å². The highest BCUT2D eigenvalue weighted by Crippen LogP contribution is 2.32. The highest BCUT2D eigenvalue weighted by Gasteiger charge is 2.50. The molecule has 0 unspecified atom stereocenters. The van der Waals surface area contributed by atoms with Gasteiger partial charge in [0.15, 0.2) is 0 Å². The van der Waals surface area contributed by atoms with Gasteiger partial charge in [0.05, 0.1) is 6.67 Å². The molecule has 3 amide bonds. The summed E-state index contributed by atoms with van der Waals surface area (Å²) < 4.78 is 0. The van der Waals surface area contributed by atoms with Crippen LogP contribution in [-0.4, -0.2) is 41.0 Å². The quantitative estimate of drug-likeness (QED) is 0.864. The lowest BCUT2D eigenvalue weighted by Gasteiger charge is -2.26. The number of hydrogen-bond acceptors (Lipinski definition) is 3. The van der Waals surface area contributed by atoms with Crippen LogP contribution in [0.2, 0.25) is 0 Å². The maximum Gasteiger partial charge on any atom is 0.326 e. The van der Waals surface area contributed by atoms with Crippen molar-refractivity contribution in [3.05, 3.63) is 35.4 Å². The Hall–Kier alpha value is -1.88. The van der Waals surface area contributed by atoms with Crippen LogP contribution in [0.4, 0.5) is 4.79 Å². The molecular formula is C19H27N3O2. The maximum atomic E-state index is 12.9. The average Bonchev–Trinajstić information content (AvgIpc) is 2.73.